The van der Waals surface area contributed by atoms with E-state index in [0.29, 0.717) is 6.54 Å². The fourth-order valence-corrected chi connectivity index (χ4v) is 5.92. The number of hydrogen-bond donors (Lipinski definition) is 0. The minimum atomic E-state index is -0.579. The lowest BCUT2D eigenvalue weighted by Crippen LogP contribution is -2.45. The Morgan fingerprint density at radius 1 is 1.10 bits per heavy atom. The Labute approximate surface area is 170 Å². The number of hydrogen-bond acceptors (Lipinski definition) is 4. The maximum Gasteiger partial charge on any atom is 0.410 e. The highest BCUT2D eigenvalue weighted by molar-refractivity contribution is 5.92. The van der Waals surface area contributed by atoms with E-state index in [-0.39, 0.29) is 30.3 Å². The van der Waals surface area contributed by atoms with E-state index in [9.17, 15) is 9.59 Å². The van der Waals surface area contributed by atoms with Crippen molar-refractivity contribution in [2.24, 2.45) is 11.3 Å². The van der Waals surface area contributed by atoms with Crippen molar-refractivity contribution in [3.63, 3.8) is 0 Å². The number of likely N-dealkylation sites (tertiary alicyclic amines) is 1. The second-order valence-corrected chi connectivity index (χ2v) is 8.62. The Morgan fingerprint density at radius 2 is 1.69 bits per heavy atom. The predicted molar refractivity (Wildman–Crippen MR) is 109 cm³/mol. The van der Waals surface area contributed by atoms with Gasteiger partial charge in [0.2, 0.25) is 0 Å². The van der Waals surface area contributed by atoms with Gasteiger partial charge in [0, 0.05) is 17.9 Å². The monoisotopic (exact) mass is 391 g/mol. The summed E-state index contributed by atoms with van der Waals surface area (Å²) in [4.78, 5) is 26.9. The van der Waals surface area contributed by atoms with Crippen LogP contribution in [0, 0.1) is 11.3 Å². The van der Waals surface area contributed by atoms with Gasteiger partial charge in [-0.2, -0.15) is 0 Å². The molecule has 1 aliphatic carbocycles. The summed E-state index contributed by atoms with van der Waals surface area (Å²) in [5, 5.41) is 0. The minimum Gasteiger partial charge on any atom is -0.453 e. The highest BCUT2D eigenvalue weighted by atomic mass is 16.5. The number of methoxy groups -OCH3 is 1. The zero-order valence-corrected chi connectivity index (χ0v) is 16.9. The lowest BCUT2D eigenvalue weighted by molar-refractivity contribution is -0.121. The predicted octanol–water partition coefficient (Wildman–Crippen LogP) is 3.86. The summed E-state index contributed by atoms with van der Waals surface area (Å²) in [6.45, 7) is 4.83. The topological polar surface area (TPSA) is 55.8 Å². The van der Waals surface area contributed by atoms with Crippen LogP contribution in [0.15, 0.2) is 48.5 Å². The summed E-state index contributed by atoms with van der Waals surface area (Å²) in [7, 11) is 1.37. The van der Waals surface area contributed by atoms with Crippen molar-refractivity contribution in [1.82, 2.24) is 4.90 Å². The molecule has 2 fully saturated rings. The van der Waals surface area contributed by atoms with Gasteiger partial charge in [0.15, 0.2) is 5.78 Å². The van der Waals surface area contributed by atoms with Gasteiger partial charge >= 0.3 is 6.09 Å². The average molecular weight is 391 g/mol. The van der Waals surface area contributed by atoms with Gasteiger partial charge in [-0.3, -0.25) is 9.69 Å². The molecule has 3 aliphatic rings. The Balaban J connectivity index is 1.74. The number of nitrogens with zero attached hydrogens (tertiary/aromatic N) is 1. The molecular weight excluding hydrogens is 366 g/mol. The molecule has 2 saturated heterocycles. The van der Waals surface area contributed by atoms with Crippen LogP contribution in [0.4, 0.5) is 4.79 Å². The van der Waals surface area contributed by atoms with Crippen LogP contribution >= 0.6 is 0 Å². The van der Waals surface area contributed by atoms with Crippen molar-refractivity contribution in [2.45, 2.75) is 31.9 Å². The Morgan fingerprint density at radius 3 is 2.24 bits per heavy atom. The van der Waals surface area contributed by atoms with Gasteiger partial charge in [-0.15, -0.1) is 0 Å². The summed E-state index contributed by atoms with van der Waals surface area (Å²) in [5.41, 5.74) is 4.52. The number of ketones is 1. The third-order valence-electron chi connectivity index (χ3n) is 7.19. The number of rotatable bonds is 2. The van der Waals surface area contributed by atoms with Crippen LogP contribution in [0.2, 0.25) is 0 Å². The van der Waals surface area contributed by atoms with Crippen LogP contribution in [-0.4, -0.2) is 49.2 Å². The van der Waals surface area contributed by atoms with Gasteiger partial charge in [0.25, 0.3) is 0 Å². The van der Waals surface area contributed by atoms with Gasteiger partial charge in [-0.25, -0.2) is 4.79 Å². The summed E-state index contributed by atoms with van der Waals surface area (Å²) in [6, 6.07) is 16.4. The molecule has 2 aromatic carbocycles. The first kappa shape index (κ1) is 18.4. The van der Waals surface area contributed by atoms with Crippen LogP contribution < -0.4 is 0 Å². The van der Waals surface area contributed by atoms with Crippen molar-refractivity contribution >= 4 is 11.9 Å². The first-order chi connectivity index (χ1) is 14.0. The van der Waals surface area contributed by atoms with Crippen molar-refractivity contribution < 1.29 is 19.1 Å². The SMILES string of the molecule is COC(=O)N1C[C@@](C(C)C)(C2c3ccccc3-c3ccccc32)[C@H]2OCC(=O)[C@H]21. The molecule has 2 aliphatic heterocycles. The highest BCUT2D eigenvalue weighted by Gasteiger charge is 2.65. The number of amides is 1. The fourth-order valence-electron chi connectivity index (χ4n) is 5.92. The molecule has 5 rings (SSSR count). The van der Waals surface area contributed by atoms with E-state index in [4.69, 9.17) is 9.47 Å². The molecule has 29 heavy (non-hydrogen) atoms. The molecule has 1 amide bonds. The fraction of sp³-hybridized carbons (Fsp3) is 0.417. The summed E-state index contributed by atoms with van der Waals surface area (Å²) in [6.07, 6.45) is -0.806. The van der Waals surface area contributed by atoms with Crippen molar-refractivity contribution in [2.75, 3.05) is 20.3 Å². The largest absolute Gasteiger partial charge is 0.453 e. The summed E-state index contributed by atoms with van der Waals surface area (Å²) in [5.74, 6) is 0.185. The van der Waals surface area contributed by atoms with Gasteiger partial charge in [-0.05, 0) is 28.2 Å². The third kappa shape index (κ3) is 2.31. The molecule has 2 aromatic rings. The van der Waals surface area contributed by atoms with E-state index >= 15 is 0 Å². The molecule has 0 bridgehead atoms. The molecule has 5 heteroatoms. The van der Waals surface area contributed by atoms with Crippen molar-refractivity contribution in [3.05, 3.63) is 59.7 Å². The molecule has 0 saturated carbocycles. The summed E-state index contributed by atoms with van der Waals surface area (Å²) < 4.78 is 11.2. The maximum atomic E-state index is 12.7. The molecule has 5 nitrogen and oxygen atoms in total. The molecule has 3 atom stereocenters. The third-order valence-corrected chi connectivity index (χ3v) is 7.19. The van der Waals surface area contributed by atoms with E-state index in [1.54, 1.807) is 4.90 Å². The Kier molecular flexibility index (Phi) is 4.07. The molecule has 0 N–H and O–H groups in total. The number of benzene rings is 2. The highest BCUT2D eigenvalue weighted by Crippen LogP contribution is 2.61. The molecular formula is C24H25NO4. The second kappa shape index (κ2) is 6.42. The van der Waals surface area contributed by atoms with Crippen LogP contribution in [0.25, 0.3) is 11.1 Å². The smallest absolute Gasteiger partial charge is 0.410 e. The van der Waals surface area contributed by atoms with E-state index in [0.717, 1.165) is 0 Å². The number of carbonyl (C=O) groups excluding carboxylic acids is 2. The van der Waals surface area contributed by atoms with E-state index in [2.05, 4.69) is 62.4 Å². The van der Waals surface area contributed by atoms with Gasteiger partial charge in [-0.1, -0.05) is 62.4 Å². The van der Waals surface area contributed by atoms with Gasteiger partial charge < -0.3 is 9.47 Å². The van der Waals surface area contributed by atoms with Gasteiger partial charge in [0.05, 0.1) is 13.2 Å². The van der Waals surface area contributed by atoms with E-state index in [1.807, 2.05) is 0 Å². The van der Waals surface area contributed by atoms with Gasteiger partial charge in [0.1, 0.15) is 12.6 Å². The van der Waals surface area contributed by atoms with E-state index < -0.39 is 17.6 Å². The molecule has 0 aromatic heterocycles. The molecule has 2 heterocycles. The molecule has 0 spiro atoms. The van der Waals surface area contributed by atoms with Crippen LogP contribution in [0.5, 0.6) is 0 Å². The summed E-state index contributed by atoms with van der Waals surface area (Å²) >= 11 is 0. The number of carbonyl (C=O) groups is 2. The first-order valence-corrected chi connectivity index (χ1v) is 10.2. The maximum absolute atomic E-state index is 12.7. The molecule has 150 valence electrons. The number of Topliss-reactive ketones (excluding diaryl/α,β-unsaturated/α-hetero) is 1. The molecule has 0 radical (unpaired) electrons. The number of fused-ring (bicyclic) bond motifs is 4. The minimum absolute atomic E-state index is 0.0394. The zero-order valence-electron chi connectivity index (χ0n) is 16.9. The van der Waals surface area contributed by atoms with E-state index in [1.165, 1.54) is 29.4 Å². The van der Waals surface area contributed by atoms with Crippen molar-refractivity contribution in [3.8, 4) is 11.1 Å². The standard InChI is InChI=1S/C24H25NO4/c1-14(2)24(13-25(23(27)28-3)21-19(26)12-29-22(21)24)20-17-10-6-4-8-15(17)16-9-5-7-11-18(16)20/h4-11,14,20-22H,12-13H2,1-3H3/t21-,22+,24-/m1/s1. The lowest BCUT2D eigenvalue weighted by atomic mass is 9.61. The molecule has 0 unspecified atom stereocenters. The van der Waals surface area contributed by atoms with Crippen LogP contribution in [-0.2, 0) is 14.3 Å². The Hall–Kier alpha value is -2.66. The zero-order chi connectivity index (χ0) is 20.3. The van der Waals surface area contributed by atoms with Crippen LogP contribution in [0.1, 0.15) is 30.9 Å². The average Bonchev–Trinajstić information content (AvgIpc) is 3.38. The lowest BCUT2D eigenvalue weighted by Gasteiger charge is -2.43. The van der Waals surface area contributed by atoms with Crippen molar-refractivity contribution in [1.29, 1.82) is 0 Å². The Bertz CT molecular complexity index is 954. The second-order valence-electron chi connectivity index (χ2n) is 8.62. The van der Waals surface area contributed by atoms with Crippen LogP contribution in [0.3, 0.4) is 0 Å². The number of ether oxygens (including phenoxy) is 2. The quantitative estimate of drug-likeness (QED) is 0.780. The first-order valence-electron chi connectivity index (χ1n) is 10.2. The normalized spacial score (nSPS) is 27.9.